The van der Waals surface area contributed by atoms with Crippen molar-refractivity contribution in [2.45, 2.75) is 13.8 Å². The Balaban J connectivity index is 1.83. The normalized spacial score (nSPS) is 10.9. The number of fused-ring (bicyclic) bond motifs is 1. The van der Waals surface area contributed by atoms with Crippen molar-refractivity contribution in [3.05, 3.63) is 78.4 Å². The molecule has 0 spiro atoms. The zero-order chi connectivity index (χ0) is 16.5. The fourth-order valence-corrected chi connectivity index (χ4v) is 3.01. The third kappa shape index (κ3) is 2.42. The molecule has 2 heterocycles. The molecule has 0 aliphatic heterocycles. The number of para-hydroxylation sites is 1. The number of nitrogens with zero attached hydrogens (tertiary/aromatic N) is 2. The topological polar surface area (TPSA) is 44.8 Å². The van der Waals surface area contributed by atoms with Crippen molar-refractivity contribution in [2.75, 3.05) is 5.32 Å². The maximum atomic E-state index is 4.68. The van der Waals surface area contributed by atoms with E-state index in [1.54, 1.807) is 0 Å². The van der Waals surface area contributed by atoms with Crippen LogP contribution in [0.4, 0.5) is 11.5 Å². The van der Waals surface area contributed by atoms with Gasteiger partial charge in [-0.05, 0) is 25.0 Å². The maximum Gasteiger partial charge on any atom is 0.247 e. The van der Waals surface area contributed by atoms with E-state index in [1.165, 1.54) is 11.1 Å². The largest absolute Gasteiger partial charge is 0.336 e. The van der Waals surface area contributed by atoms with Crippen LogP contribution in [0.25, 0.3) is 16.8 Å². The lowest BCUT2D eigenvalue weighted by Gasteiger charge is -2.12. The number of hydrogen-bond donors (Lipinski definition) is 2. The van der Waals surface area contributed by atoms with Gasteiger partial charge in [0.05, 0.1) is 6.20 Å². The number of aryl methyl sites for hydroxylation is 2. The second kappa shape index (κ2) is 5.81. The molecule has 2 N–H and O–H groups in total. The molecule has 0 radical (unpaired) electrons. The average Bonchev–Trinajstić information content (AvgIpc) is 3.09. The Labute approximate surface area is 140 Å². The predicted molar refractivity (Wildman–Crippen MR) is 96.4 cm³/mol. The van der Waals surface area contributed by atoms with Crippen molar-refractivity contribution in [1.82, 2.24) is 9.97 Å². The standard InChI is InChI=1S/C20H18N4/c1-14-7-6-8-15(2)19(14)23-20-18-11-21-13-24(18)17(12-22-20)16-9-4-3-5-10-16/h3-13H,1-2H3,(H,22,23)/p+1. The number of anilines is 2. The molecule has 0 unspecified atom stereocenters. The van der Waals surface area contributed by atoms with Gasteiger partial charge in [-0.15, -0.1) is 0 Å². The maximum absolute atomic E-state index is 4.68. The monoisotopic (exact) mass is 315 g/mol. The smallest absolute Gasteiger partial charge is 0.247 e. The predicted octanol–water partition coefficient (Wildman–Crippen LogP) is 4.18. The molecule has 118 valence electrons. The molecule has 4 heteroatoms. The molecule has 0 saturated carbocycles. The highest BCUT2D eigenvalue weighted by Gasteiger charge is 2.16. The fourth-order valence-electron chi connectivity index (χ4n) is 3.01. The van der Waals surface area contributed by atoms with Gasteiger partial charge in [0.25, 0.3) is 0 Å². The average molecular weight is 315 g/mol. The van der Waals surface area contributed by atoms with Gasteiger partial charge in [-0.2, -0.15) is 4.40 Å². The van der Waals surface area contributed by atoms with E-state index in [0.29, 0.717) is 0 Å². The molecule has 0 bridgehead atoms. The van der Waals surface area contributed by atoms with E-state index >= 15 is 0 Å². The molecule has 2 aromatic carbocycles. The van der Waals surface area contributed by atoms with Crippen LogP contribution in [0, 0.1) is 13.8 Å². The number of rotatable bonds is 3. The molecule has 0 saturated heterocycles. The summed E-state index contributed by atoms with van der Waals surface area (Å²) in [6.45, 7) is 4.21. The number of H-pyrrole nitrogens is 1. The number of benzene rings is 2. The van der Waals surface area contributed by atoms with Gasteiger partial charge in [-0.25, -0.2) is 9.97 Å². The molecule has 0 amide bonds. The van der Waals surface area contributed by atoms with Gasteiger partial charge in [0, 0.05) is 11.3 Å². The summed E-state index contributed by atoms with van der Waals surface area (Å²) in [5, 5.41) is 3.50. The van der Waals surface area contributed by atoms with Crippen LogP contribution in [-0.2, 0) is 0 Å². The van der Waals surface area contributed by atoms with Gasteiger partial charge in [0.1, 0.15) is 6.20 Å². The first-order valence-corrected chi connectivity index (χ1v) is 8.00. The van der Waals surface area contributed by atoms with E-state index in [4.69, 9.17) is 0 Å². The van der Waals surface area contributed by atoms with Crippen molar-refractivity contribution in [3.8, 4) is 11.3 Å². The summed E-state index contributed by atoms with van der Waals surface area (Å²) in [5.41, 5.74) is 6.73. The Bertz CT molecular complexity index is 983. The molecule has 0 fully saturated rings. The summed E-state index contributed by atoms with van der Waals surface area (Å²) >= 11 is 0. The minimum atomic E-state index is 0.841. The van der Waals surface area contributed by atoms with Crippen molar-refractivity contribution < 1.29 is 4.40 Å². The summed E-state index contributed by atoms with van der Waals surface area (Å²) in [4.78, 5) is 7.87. The molecule has 2 aromatic heterocycles. The van der Waals surface area contributed by atoms with Crippen molar-refractivity contribution in [2.24, 2.45) is 0 Å². The molecule has 4 aromatic rings. The lowest BCUT2D eigenvalue weighted by Crippen LogP contribution is -2.23. The quantitative estimate of drug-likeness (QED) is 0.557. The highest BCUT2D eigenvalue weighted by Crippen LogP contribution is 2.25. The Morgan fingerprint density at radius 3 is 2.46 bits per heavy atom. The molecular formula is C20H19N4+. The Kier molecular flexibility index (Phi) is 3.50. The number of aromatic nitrogens is 3. The first-order chi connectivity index (χ1) is 11.7. The second-order valence-electron chi connectivity index (χ2n) is 5.95. The highest BCUT2D eigenvalue weighted by molar-refractivity contribution is 5.74. The summed E-state index contributed by atoms with van der Waals surface area (Å²) in [7, 11) is 0. The summed E-state index contributed by atoms with van der Waals surface area (Å²) < 4.78 is 2.12. The van der Waals surface area contributed by atoms with Crippen LogP contribution in [0.15, 0.2) is 67.3 Å². The van der Waals surface area contributed by atoms with Crippen LogP contribution in [-0.4, -0.2) is 9.97 Å². The number of nitrogens with one attached hydrogen (secondary N) is 2. The third-order valence-electron chi connectivity index (χ3n) is 4.30. The molecule has 0 aliphatic carbocycles. The van der Waals surface area contributed by atoms with Crippen LogP contribution >= 0.6 is 0 Å². The van der Waals surface area contributed by atoms with Crippen molar-refractivity contribution in [1.29, 1.82) is 0 Å². The van der Waals surface area contributed by atoms with Gasteiger partial charge < -0.3 is 5.32 Å². The van der Waals surface area contributed by atoms with E-state index < -0.39 is 0 Å². The van der Waals surface area contributed by atoms with E-state index in [-0.39, 0.29) is 0 Å². The van der Waals surface area contributed by atoms with Gasteiger partial charge in [0.15, 0.2) is 11.5 Å². The second-order valence-corrected chi connectivity index (χ2v) is 5.95. The minimum absolute atomic E-state index is 0.841. The van der Waals surface area contributed by atoms with Crippen LogP contribution in [0.5, 0.6) is 0 Å². The summed E-state index contributed by atoms with van der Waals surface area (Å²) in [5.74, 6) is 0.841. The van der Waals surface area contributed by atoms with Crippen LogP contribution in [0.1, 0.15) is 11.1 Å². The van der Waals surface area contributed by atoms with Crippen molar-refractivity contribution >= 4 is 17.0 Å². The zero-order valence-electron chi connectivity index (χ0n) is 13.7. The summed E-state index contributed by atoms with van der Waals surface area (Å²) in [6.07, 6.45) is 5.83. The molecule has 4 rings (SSSR count). The first-order valence-electron chi connectivity index (χ1n) is 8.00. The molecule has 0 aliphatic rings. The Morgan fingerprint density at radius 1 is 0.958 bits per heavy atom. The molecule has 24 heavy (non-hydrogen) atoms. The lowest BCUT2D eigenvalue weighted by atomic mass is 10.1. The Morgan fingerprint density at radius 2 is 1.71 bits per heavy atom. The van der Waals surface area contributed by atoms with Gasteiger partial charge in [-0.3, -0.25) is 0 Å². The number of aromatic amines is 1. The van der Waals surface area contributed by atoms with Crippen LogP contribution < -0.4 is 9.72 Å². The lowest BCUT2D eigenvalue weighted by molar-refractivity contribution is -0.498. The SMILES string of the molecule is Cc1cccc(C)c1Nc1ncc(-c2ccccc2)[n+]2c[nH]cc12. The third-order valence-corrected chi connectivity index (χ3v) is 4.30. The number of hydrogen-bond acceptors (Lipinski definition) is 2. The highest BCUT2D eigenvalue weighted by atomic mass is 15.1. The zero-order valence-corrected chi connectivity index (χ0v) is 13.7. The van der Waals surface area contributed by atoms with Crippen molar-refractivity contribution in [3.63, 3.8) is 0 Å². The van der Waals surface area contributed by atoms with Gasteiger partial charge in [0.2, 0.25) is 11.8 Å². The first kappa shape index (κ1) is 14.5. The van der Waals surface area contributed by atoms with E-state index in [2.05, 4.69) is 63.9 Å². The van der Waals surface area contributed by atoms with E-state index in [9.17, 15) is 0 Å². The van der Waals surface area contributed by atoms with Gasteiger partial charge in [-0.1, -0.05) is 48.5 Å². The Hall–Kier alpha value is -3.14. The number of imidazole rings is 1. The van der Waals surface area contributed by atoms with E-state index in [0.717, 1.165) is 28.3 Å². The van der Waals surface area contributed by atoms with Crippen LogP contribution in [0.2, 0.25) is 0 Å². The van der Waals surface area contributed by atoms with Crippen LogP contribution in [0.3, 0.4) is 0 Å². The molecule has 0 atom stereocenters. The fraction of sp³-hybridized carbons (Fsp3) is 0.100. The summed E-state index contributed by atoms with van der Waals surface area (Å²) in [6, 6.07) is 16.6. The minimum Gasteiger partial charge on any atom is -0.336 e. The van der Waals surface area contributed by atoms with Gasteiger partial charge >= 0.3 is 0 Å². The molecule has 4 nitrogen and oxygen atoms in total. The molecular weight excluding hydrogens is 296 g/mol. The van der Waals surface area contributed by atoms with E-state index in [1.807, 2.05) is 36.9 Å².